The van der Waals surface area contributed by atoms with Gasteiger partial charge < -0.3 is 5.32 Å². The first-order valence-corrected chi connectivity index (χ1v) is 8.07. The van der Waals surface area contributed by atoms with E-state index in [2.05, 4.69) is 12.2 Å². The summed E-state index contributed by atoms with van der Waals surface area (Å²) < 4.78 is 0. The highest BCUT2D eigenvalue weighted by molar-refractivity contribution is 8.00. The quantitative estimate of drug-likeness (QED) is 0.453. The highest BCUT2D eigenvalue weighted by Gasteiger charge is 2.10. The number of carbonyl (C=O) groups is 2. The third-order valence-electron chi connectivity index (χ3n) is 2.89. The molecule has 0 heterocycles. The monoisotopic (exact) mass is 293 g/mol. The van der Waals surface area contributed by atoms with Gasteiger partial charge in [-0.15, -0.1) is 11.8 Å². The third-order valence-corrected chi connectivity index (χ3v) is 3.90. The molecule has 3 nitrogen and oxygen atoms in total. The molecule has 0 saturated heterocycles. The minimum atomic E-state index is 0.0119. The molecule has 0 aliphatic heterocycles. The van der Waals surface area contributed by atoms with Gasteiger partial charge in [0.2, 0.25) is 5.91 Å². The van der Waals surface area contributed by atoms with Gasteiger partial charge in [0, 0.05) is 22.9 Å². The van der Waals surface area contributed by atoms with Gasteiger partial charge in [-0.05, 0) is 18.6 Å². The fourth-order valence-electron chi connectivity index (χ4n) is 1.65. The highest BCUT2D eigenvalue weighted by Crippen LogP contribution is 2.19. The Morgan fingerprint density at radius 2 is 1.85 bits per heavy atom. The van der Waals surface area contributed by atoms with Crippen molar-refractivity contribution >= 4 is 23.5 Å². The molecule has 0 fully saturated rings. The first kappa shape index (κ1) is 16.8. The molecule has 0 aromatic heterocycles. The molecule has 0 saturated carbocycles. The van der Waals surface area contributed by atoms with E-state index in [1.807, 2.05) is 38.1 Å². The van der Waals surface area contributed by atoms with Crippen molar-refractivity contribution in [2.75, 3.05) is 12.3 Å². The van der Waals surface area contributed by atoms with Gasteiger partial charge >= 0.3 is 0 Å². The lowest BCUT2D eigenvalue weighted by atomic mass is 10.0. The third kappa shape index (κ3) is 5.78. The first-order chi connectivity index (χ1) is 9.54. The van der Waals surface area contributed by atoms with Crippen molar-refractivity contribution in [3.63, 3.8) is 0 Å². The lowest BCUT2D eigenvalue weighted by molar-refractivity contribution is -0.118. The van der Waals surface area contributed by atoms with E-state index in [0.29, 0.717) is 5.75 Å². The van der Waals surface area contributed by atoms with Crippen LogP contribution < -0.4 is 5.32 Å². The van der Waals surface area contributed by atoms with Crippen LogP contribution in [-0.2, 0) is 4.79 Å². The van der Waals surface area contributed by atoms with Gasteiger partial charge in [-0.25, -0.2) is 0 Å². The van der Waals surface area contributed by atoms with Crippen LogP contribution in [0.4, 0.5) is 0 Å². The van der Waals surface area contributed by atoms with Crippen molar-refractivity contribution in [2.45, 2.75) is 38.5 Å². The first-order valence-electron chi connectivity index (χ1n) is 7.08. The van der Waals surface area contributed by atoms with Crippen molar-refractivity contribution < 1.29 is 9.59 Å². The molecular formula is C16H23NO2S. The summed E-state index contributed by atoms with van der Waals surface area (Å²) in [5.74, 6) is 0.642. The van der Waals surface area contributed by atoms with Crippen LogP contribution in [0.5, 0.6) is 0 Å². The van der Waals surface area contributed by atoms with Crippen LogP contribution in [0.2, 0.25) is 0 Å². The molecule has 0 radical (unpaired) electrons. The van der Waals surface area contributed by atoms with Gasteiger partial charge in [-0.2, -0.15) is 0 Å². The van der Waals surface area contributed by atoms with E-state index in [1.54, 1.807) is 0 Å². The average molecular weight is 293 g/mol. The number of nitrogens with one attached hydrogen (secondary N) is 1. The molecule has 0 unspecified atom stereocenters. The summed E-state index contributed by atoms with van der Waals surface area (Å²) >= 11 is 1.49. The lowest BCUT2D eigenvalue weighted by Gasteiger charge is -2.06. The molecule has 1 amide bonds. The Hall–Kier alpha value is -1.29. The zero-order valence-corrected chi connectivity index (χ0v) is 13.3. The maximum Gasteiger partial charge on any atom is 0.230 e. The molecule has 0 aliphatic carbocycles. The van der Waals surface area contributed by atoms with Gasteiger partial charge in [0.25, 0.3) is 0 Å². The molecular weight excluding hydrogens is 270 g/mol. The summed E-state index contributed by atoms with van der Waals surface area (Å²) in [5, 5.41) is 2.88. The molecule has 1 aromatic rings. The molecule has 0 atom stereocenters. The Kier molecular flexibility index (Phi) is 7.37. The number of amides is 1. The number of thioether (sulfide) groups is 1. The molecule has 20 heavy (non-hydrogen) atoms. The fourth-order valence-corrected chi connectivity index (χ4v) is 2.38. The van der Waals surface area contributed by atoms with Crippen molar-refractivity contribution in [3.05, 3.63) is 29.8 Å². The van der Waals surface area contributed by atoms with E-state index in [0.717, 1.165) is 29.8 Å². The summed E-state index contributed by atoms with van der Waals surface area (Å²) in [6.45, 7) is 6.63. The van der Waals surface area contributed by atoms with Crippen LogP contribution >= 0.6 is 11.8 Å². The topological polar surface area (TPSA) is 46.2 Å². The Labute approximate surface area is 125 Å². The van der Waals surface area contributed by atoms with Crippen LogP contribution in [0.1, 0.15) is 44.0 Å². The summed E-state index contributed by atoms with van der Waals surface area (Å²) in [6, 6.07) is 7.47. The normalized spacial score (nSPS) is 10.6. The summed E-state index contributed by atoms with van der Waals surface area (Å²) in [5.41, 5.74) is 0.733. The number of hydrogen-bond donors (Lipinski definition) is 1. The average Bonchev–Trinajstić information content (AvgIpc) is 2.45. The number of Topliss-reactive ketones (excluding diaryl/α,β-unsaturated/α-hetero) is 1. The van der Waals surface area contributed by atoms with E-state index in [1.165, 1.54) is 11.8 Å². The number of rotatable bonds is 8. The van der Waals surface area contributed by atoms with Crippen molar-refractivity contribution in [2.24, 2.45) is 5.92 Å². The molecule has 4 heteroatoms. The SMILES string of the molecule is CCCCNC(=O)CSc1ccc(C(=O)C(C)C)cc1. The van der Waals surface area contributed by atoms with E-state index in [4.69, 9.17) is 0 Å². The Morgan fingerprint density at radius 3 is 2.40 bits per heavy atom. The second-order valence-corrected chi connectivity index (χ2v) is 6.08. The van der Waals surface area contributed by atoms with Gasteiger partial charge in [0.1, 0.15) is 0 Å². The van der Waals surface area contributed by atoms with Crippen LogP contribution in [0.15, 0.2) is 29.2 Å². The molecule has 0 spiro atoms. The maximum atomic E-state index is 11.8. The van der Waals surface area contributed by atoms with Crippen LogP contribution in [0.25, 0.3) is 0 Å². The molecule has 1 N–H and O–H groups in total. The maximum absolute atomic E-state index is 11.8. The van der Waals surface area contributed by atoms with Crippen molar-refractivity contribution in [1.29, 1.82) is 0 Å². The van der Waals surface area contributed by atoms with Crippen LogP contribution in [-0.4, -0.2) is 24.0 Å². The minimum absolute atomic E-state index is 0.0119. The van der Waals surface area contributed by atoms with E-state index >= 15 is 0 Å². The standard InChI is InChI=1S/C16H23NO2S/c1-4-5-10-17-15(18)11-20-14-8-6-13(7-9-14)16(19)12(2)3/h6-9,12H,4-5,10-11H2,1-3H3,(H,17,18). The number of hydrogen-bond acceptors (Lipinski definition) is 3. The van der Waals surface area contributed by atoms with E-state index in [-0.39, 0.29) is 17.6 Å². The van der Waals surface area contributed by atoms with E-state index < -0.39 is 0 Å². The van der Waals surface area contributed by atoms with Crippen LogP contribution in [0, 0.1) is 5.92 Å². The van der Waals surface area contributed by atoms with Gasteiger partial charge in [-0.3, -0.25) is 9.59 Å². The number of unbranched alkanes of at least 4 members (excludes halogenated alkanes) is 1. The summed E-state index contributed by atoms with van der Waals surface area (Å²) in [6.07, 6.45) is 2.10. The molecule has 0 aliphatic rings. The van der Waals surface area contributed by atoms with Gasteiger partial charge in [-0.1, -0.05) is 39.3 Å². The minimum Gasteiger partial charge on any atom is -0.355 e. The molecule has 110 valence electrons. The number of ketones is 1. The molecule has 0 bridgehead atoms. The van der Waals surface area contributed by atoms with Gasteiger partial charge in [0.15, 0.2) is 5.78 Å². The summed E-state index contributed by atoms with van der Waals surface area (Å²) in [7, 11) is 0. The fraction of sp³-hybridized carbons (Fsp3) is 0.500. The Balaban J connectivity index is 2.42. The zero-order valence-electron chi connectivity index (χ0n) is 12.4. The van der Waals surface area contributed by atoms with Gasteiger partial charge in [0.05, 0.1) is 5.75 Å². The predicted molar refractivity (Wildman–Crippen MR) is 84.3 cm³/mol. The summed E-state index contributed by atoms with van der Waals surface area (Å²) in [4.78, 5) is 24.4. The van der Waals surface area contributed by atoms with E-state index in [9.17, 15) is 9.59 Å². The van der Waals surface area contributed by atoms with Crippen molar-refractivity contribution in [1.82, 2.24) is 5.32 Å². The van der Waals surface area contributed by atoms with Crippen molar-refractivity contribution in [3.8, 4) is 0 Å². The molecule has 1 aromatic carbocycles. The smallest absolute Gasteiger partial charge is 0.230 e. The lowest BCUT2D eigenvalue weighted by Crippen LogP contribution is -2.25. The van der Waals surface area contributed by atoms with Crippen LogP contribution in [0.3, 0.4) is 0 Å². The number of carbonyl (C=O) groups excluding carboxylic acids is 2. The zero-order chi connectivity index (χ0) is 15.0. The molecule has 1 rings (SSSR count). The highest BCUT2D eigenvalue weighted by atomic mass is 32.2. The second kappa shape index (κ2) is 8.80. The Morgan fingerprint density at radius 1 is 1.20 bits per heavy atom. The predicted octanol–water partition coefficient (Wildman–Crippen LogP) is 3.53. The largest absolute Gasteiger partial charge is 0.355 e. The second-order valence-electron chi connectivity index (χ2n) is 5.04. The Bertz CT molecular complexity index is 440. The number of benzene rings is 1.